The lowest BCUT2D eigenvalue weighted by atomic mass is 10.0. The van der Waals surface area contributed by atoms with Gasteiger partial charge in [-0.25, -0.2) is 4.79 Å². The molecular formula is C16H25N3O2. The molecule has 1 atom stereocenters. The Morgan fingerprint density at radius 3 is 2.95 bits per heavy atom. The molecule has 1 heterocycles. The summed E-state index contributed by atoms with van der Waals surface area (Å²) in [6.45, 7) is 4.96. The number of amides is 2. The lowest BCUT2D eigenvalue weighted by molar-refractivity contribution is 0.162. The zero-order valence-corrected chi connectivity index (χ0v) is 12.9. The number of nitrogens with zero attached hydrogens (tertiary/aromatic N) is 1. The molecule has 116 valence electrons. The molecule has 0 aromatic heterocycles. The van der Waals surface area contributed by atoms with Crippen LogP contribution in [0.25, 0.3) is 0 Å². The van der Waals surface area contributed by atoms with Crippen molar-refractivity contribution in [3.05, 3.63) is 24.3 Å². The van der Waals surface area contributed by atoms with Crippen molar-refractivity contribution in [2.24, 2.45) is 0 Å². The van der Waals surface area contributed by atoms with Gasteiger partial charge >= 0.3 is 6.03 Å². The molecule has 1 aliphatic rings. The Morgan fingerprint density at radius 2 is 2.19 bits per heavy atom. The van der Waals surface area contributed by atoms with E-state index in [2.05, 4.69) is 22.5 Å². The molecule has 0 saturated carbocycles. The van der Waals surface area contributed by atoms with Crippen molar-refractivity contribution in [1.82, 2.24) is 10.2 Å². The summed E-state index contributed by atoms with van der Waals surface area (Å²) in [4.78, 5) is 14.3. The van der Waals surface area contributed by atoms with Crippen LogP contribution in [0.15, 0.2) is 24.3 Å². The predicted molar refractivity (Wildman–Crippen MR) is 84.9 cm³/mol. The van der Waals surface area contributed by atoms with Crippen LogP contribution in [0.4, 0.5) is 10.5 Å². The van der Waals surface area contributed by atoms with E-state index in [-0.39, 0.29) is 6.03 Å². The molecule has 1 aliphatic heterocycles. The van der Waals surface area contributed by atoms with Gasteiger partial charge in [0.2, 0.25) is 0 Å². The molecule has 1 saturated heterocycles. The van der Waals surface area contributed by atoms with Crippen molar-refractivity contribution >= 4 is 11.7 Å². The molecule has 1 unspecified atom stereocenters. The number of nitrogens with one attached hydrogen (secondary N) is 2. The lowest BCUT2D eigenvalue weighted by Gasteiger charge is -2.33. The highest BCUT2D eigenvalue weighted by molar-refractivity contribution is 5.90. The Hall–Kier alpha value is -1.75. The topological polar surface area (TPSA) is 53.6 Å². The zero-order valence-electron chi connectivity index (χ0n) is 12.9. The zero-order chi connectivity index (χ0) is 15.1. The molecule has 0 aliphatic carbocycles. The van der Waals surface area contributed by atoms with Crippen LogP contribution in [0.5, 0.6) is 5.75 Å². The molecule has 5 nitrogen and oxygen atoms in total. The lowest BCUT2D eigenvalue weighted by Crippen LogP contribution is -2.43. The number of carbonyl (C=O) groups is 1. The number of likely N-dealkylation sites (tertiary alicyclic amines) is 1. The van der Waals surface area contributed by atoms with E-state index in [1.807, 2.05) is 24.3 Å². The van der Waals surface area contributed by atoms with E-state index < -0.39 is 0 Å². The van der Waals surface area contributed by atoms with Crippen molar-refractivity contribution in [2.45, 2.75) is 32.2 Å². The minimum absolute atomic E-state index is 0.191. The Kier molecular flexibility index (Phi) is 5.87. The SMILES string of the molecule is COc1ccccc1NC(=O)NCCN1CCCCC1C. The number of ether oxygens (including phenoxy) is 1. The van der Waals surface area contributed by atoms with E-state index in [4.69, 9.17) is 4.74 Å². The molecule has 2 N–H and O–H groups in total. The van der Waals surface area contributed by atoms with Crippen molar-refractivity contribution < 1.29 is 9.53 Å². The van der Waals surface area contributed by atoms with Gasteiger partial charge in [0.15, 0.2) is 0 Å². The number of rotatable bonds is 5. The third-order valence-electron chi connectivity index (χ3n) is 3.98. The Bertz CT molecular complexity index is 465. The Morgan fingerprint density at radius 1 is 1.38 bits per heavy atom. The van der Waals surface area contributed by atoms with E-state index in [0.717, 1.165) is 13.1 Å². The summed E-state index contributed by atoms with van der Waals surface area (Å²) in [5.41, 5.74) is 0.684. The number of hydrogen-bond donors (Lipinski definition) is 2. The number of carbonyl (C=O) groups excluding carboxylic acids is 1. The molecule has 1 aromatic rings. The van der Waals surface area contributed by atoms with Crippen LogP contribution in [0, 0.1) is 0 Å². The van der Waals surface area contributed by atoms with Crippen LogP contribution in [0.1, 0.15) is 26.2 Å². The smallest absolute Gasteiger partial charge is 0.319 e. The molecule has 0 spiro atoms. The van der Waals surface area contributed by atoms with Gasteiger partial charge in [-0.1, -0.05) is 18.6 Å². The van der Waals surface area contributed by atoms with Gasteiger partial charge in [-0.05, 0) is 38.4 Å². The summed E-state index contributed by atoms with van der Waals surface area (Å²) < 4.78 is 5.21. The van der Waals surface area contributed by atoms with Crippen molar-refractivity contribution in [3.8, 4) is 5.75 Å². The number of benzene rings is 1. The fraction of sp³-hybridized carbons (Fsp3) is 0.562. The van der Waals surface area contributed by atoms with Crippen LogP contribution < -0.4 is 15.4 Å². The molecule has 5 heteroatoms. The van der Waals surface area contributed by atoms with Crippen LogP contribution in [-0.4, -0.2) is 43.7 Å². The monoisotopic (exact) mass is 291 g/mol. The van der Waals surface area contributed by atoms with Gasteiger partial charge in [-0.3, -0.25) is 4.90 Å². The summed E-state index contributed by atoms with van der Waals surface area (Å²) in [6, 6.07) is 7.82. The third kappa shape index (κ3) is 4.63. The summed E-state index contributed by atoms with van der Waals surface area (Å²) in [7, 11) is 1.59. The highest BCUT2D eigenvalue weighted by atomic mass is 16.5. The number of methoxy groups -OCH3 is 1. The molecular weight excluding hydrogens is 266 g/mol. The summed E-state index contributed by atoms with van der Waals surface area (Å²) in [5.74, 6) is 0.664. The molecule has 0 bridgehead atoms. The second-order valence-corrected chi connectivity index (χ2v) is 5.46. The van der Waals surface area contributed by atoms with Crippen LogP contribution in [0.3, 0.4) is 0 Å². The van der Waals surface area contributed by atoms with E-state index in [9.17, 15) is 4.79 Å². The average Bonchev–Trinajstić information content (AvgIpc) is 2.50. The molecule has 1 aromatic carbocycles. The summed E-state index contributed by atoms with van der Waals surface area (Å²) in [5, 5.41) is 5.72. The van der Waals surface area contributed by atoms with Crippen molar-refractivity contribution in [3.63, 3.8) is 0 Å². The van der Waals surface area contributed by atoms with Gasteiger partial charge in [-0.2, -0.15) is 0 Å². The maximum Gasteiger partial charge on any atom is 0.319 e. The first-order chi connectivity index (χ1) is 10.2. The van der Waals surface area contributed by atoms with Gasteiger partial charge in [0.25, 0.3) is 0 Å². The van der Waals surface area contributed by atoms with Crippen molar-refractivity contribution in [2.75, 3.05) is 32.1 Å². The summed E-state index contributed by atoms with van der Waals surface area (Å²) in [6.07, 6.45) is 3.84. The standard InChI is InChI=1S/C16H25N3O2/c1-13-7-5-6-11-19(13)12-10-17-16(20)18-14-8-3-4-9-15(14)21-2/h3-4,8-9,13H,5-7,10-12H2,1-2H3,(H2,17,18,20). The maximum atomic E-state index is 11.9. The first kappa shape index (κ1) is 15.6. The average molecular weight is 291 g/mol. The number of anilines is 1. The number of piperidine rings is 1. The summed E-state index contributed by atoms with van der Waals surface area (Å²) >= 11 is 0. The van der Waals surface area contributed by atoms with E-state index in [1.165, 1.54) is 19.3 Å². The minimum Gasteiger partial charge on any atom is -0.495 e. The Balaban J connectivity index is 1.74. The van der Waals surface area contributed by atoms with Crippen LogP contribution in [0.2, 0.25) is 0 Å². The Labute approximate surface area is 126 Å². The highest BCUT2D eigenvalue weighted by Gasteiger charge is 2.17. The third-order valence-corrected chi connectivity index (χ3v) is 3.98. The van der Waals surface area contributed by atoms with Crippen molar-refractivity contribution in [1.29, 1.82) is 0 Å². The van der Waals surface area contributed by atoms with Gasteiger partial charge in [-0.15, -0.1) is 0 Å². The van der Waals surface area contributed by atoms with Gasteiger partial charge < -0.3 is 15.4 Å². The van der Waals surface area contributed by atoms with Gasteiger partial charge in [0.05, 0.1) is 12.8 Å². The van der Waals surface area contributed by atoms with E-state index >= 15 is 0 Å². The van der Waals surface area contributed by atoms with Gasteiger partial charge in [0, 0.05) is 19.1 Å². The quantitative estimate of drug-likeness (QED) is 0.877. The maximum absolute atomic E-state index is 11.9. The molecule has 2 amide bonds. The highest BCUT2D eigenvalue weighted by Crippen LogP contribution is 2.22. The predicted octanol–water partition coefficient (Wildman–Crippen LogP) is 2.69. The largest absolute Gasteiger partial charge is 0.495 e. The first-order valence-electron chi connectivity index (χ1n) is 7.62. The van der Waals surface area contributed by atoms with Crippen LogP contribution in [-0.2, 0) is 0 Å². The number of urea groups is 1. The number of hydrogen-bond acceptors (Lipinski definition) is 3. The minimum atomic E-state index is -0.191. The molecule has 1 fully saturated rings. The first-order valence-corrected chi connectivity index (χ1v) is 7.62. The van der Waals surface area contributed by atoms with E-state index in [0.29, 0.717) is 24.0 Å². The van der Waals surface area contributed by atoms with Crippen LogP contribution >= 0.6 is 0 Å². The molecule has 0 radical (unpaired) electrons. The fourth-order valence-electron chi connectivity index (χ4n) is 2.72. The normalized spacial score (nSPS) is 19.0. The second kappa shape index (κ2) is 7.88. The molecule has 2 rings (SSSR count). The fourth-order valence-corrected chi connectivity index (χ4v) is 2.72. The van der Waals surface area contributed by atoms with E-state index in [1.54, 1.807) is 7.11 Å². The van der Waals surface area contributed by atoms with Gasteiger partial charge in [0.1, 0.15) is 5.75 Å². The second-order valence-electron chi connectivity index (χ2n) is 5.46. The molecule has 21 heavy (non-hydrogen) atoms. The number of para-hydroxylation sites is 2.